The maximum Gasteiger partial charge on any atom is 0.326 e. The molecule has 1 saturated heterocycles. The van der Waals surface area contributed by atoms with Crippen LogP contribution < -0.4 is 4.74 Å². The number of hydrogen-bond acceptors (Lipinski definition) is 3. The van der Waals surface area contributed by atoms with E-state index >= 15 is 0 Å². The molecule has 4 nitrogen and oxygen atoms in total. The van der Waals surface area contributed by atoms with Gasteiger partial charge in [0.2, 0.25) is 0 Å². The maximum atomic E-state index is 13.7. The molecule has 2 aromatic rings. The van der Waals surface area contributed by atoms with Crippen LogP contribution in [-0.2, 0) is 10.6 Å². The van der Waals surface area contributed by atoms with Crippen LogP contribution >= 0.6 is 0 Å². The van der Waals surface area contributed by atoms with Crippen molar-refractivity contribution in [2.75, 3.05) is 6.61 Å². The summed E-state index contributed by atoms with van der Waals surface area (Å²) in [6, 6.07) is 15.8. The van der Waals surface area contributed by atoms with Crippen molar-refractivity contribution in [3.05, 3.63) is 77.4 Å². The Hall–Kier alpha value is -2.59. The highest BCUT2D eigenvalue weighted by Gasteiger charge is 2.62. The number of carbonyl (C=O) groups is 1. The number of nitrogens with zero attached hydrogens (tertiary/aromatic N) is 1. The van der Waals surface area contributed by atoms with Crippen molar-refractivity contribution in [3.63, 3.8) is 0 Å². The standard InChI is InChI=1S/C23H21NO3/c1-14-6-10-17(11-7-14)23-24(22(25)18-4-2-3-5-20(18)27-23)21-16-9-8-15(12-16)19(21)13-26-23/h2-11,15-16,19,21H,12-13H2,1H3/t15-,16+,19-,21+,23-/m0/s1. The molecule has 0 radical (unpaired) electrons. The van der Waals surface area contributed by atoms with Gasteiger partial charge in [-0.1, -0.05) is 54.1 Å². The Labute approximate surface area is 158 Å². The second kappa shape index (κ2) is 5.23. The van der Waals surface area contributed by atoms with Gasteiger partial charge in [-0.2, -0.15) is 0 Å². The fraction of sp³-hybridized carbons (Fsp3) is 0.348. The number of benzene rings is 2. The van der Waals surface area contributed by atoms with E-state index in [-0.39, 0.29) is 11.9 Å². The summed E-state index contributed by atoms with van der Waals surface area (Å²) in [7, 11) is 0. The van der Waals surface area contributed by atoms with E-state index < -0.39 is 5.91 Å². The third-order valence-corrected chi connectivity index (χ3v) is 6.66. The van der Waals surface area contributed by atoms with Crippen molar-refractivity contribution in [1.29, 1.82) is 0 Å². The Morgan fingerprint density at radius 1 is 1.04 bits per heavy atom. The van der Waals surface area contributed by atoms with Crippen molar-refractivity contribution >= 4 is 5.91 Å². The number of ether oxygens (including phenoxy) is 2. The van der Waals surface area contributed by atoms with E-state index in [9.17, 15) is 4.79 Å². The van der Waals surface area contributed by atoms with Gasteiger partial charge in [-0.3, -0.25) is 9.69 Å². The van der Waals surface area contributed by atoms with E-state index in [1.165, 1.54) is 5.56 Å². The Morgan fingerprint density at radius 3 is 2.67 bits per heavy atom. The monoisotopic (exact) mass is 359 g/mol. The van der Waals surface area contributed by atoms with Gasteiger partial charge in [0.15, 0.2) is 0 Å². The molecule has 2 aliphatic heterocycles. The number of allylic oxidation sites excluding steroid dienone is 1. The largest absolute Gasteiger partial charge is 0.439 e. The fourth-order valence-corrected chi connectivity index (χ4v) is 5.38. The lowest BCUT2D eigenvalue weighted by Gasteiger charge is -2.55. The van der Waals surface area contributed by atoms with Crippen molar-refractivity contribution in [2.45, 2.75) is 25.3 Å². The molecule has 4 aliphatic rings. The van der Waals surface area contributed by atoms with Crippen LogP contribution in [0.15, 0.2) is 60.7 Å². The van der Waals surface area contributed by atoms with Gasteiger partial charge in [0.05, 0.1) is 18.2 Å². The van der Waals surface area contributed by atoms with Crippen LogP contribution in [0.2, 0.25) is 0 Å². The molecule has 1 amide bonds. The predicted octanol–water partition coefficient (Wildman–Crippen LogP) is 3.86. The molecule has 2 heterocycles. The molecule has 6 rings (SSSR count). The van der Waals surface area contributed by atoms with Gasteiger partial charge in [0, 0.05) is 11.5 Å². The van der Waals surface area contributed by atoms with Gasteiger partial charge in [0.1, 0.15) is 5.75 Å². The lowest BCUT2D eigenvalue weighted by Crippen LogP contribution is -2.67. The van der Waals surface area contributed by atoms with Crippen LogP contribution in [0.3, 0.4) is 0 Å². The van der Waals surface area contributed by atoms with Gasteiger partial charge < -0.3 is 9.47 Å². The molecular weight excluding hydrogens is 338 g/mol. The first kappa shape index (κ1) is 15.5. The van der Waals surface area contributed by atoms with Gasteiger partial charge in [-0.25, -0.2) is 0 Å². The zero-order chi connectivity index (χ0) is 18.2. The van der Waals surface area contributed by atoms with Gasteiger partial charge >= 0.3 is 5.91 Å². The molecule has 1 saturated carbocycles. The smallest absolute Gasteiger partial charge is 0.326 e. The van der Waals surface area contributed by atoms with Crippen molar-refractivity contribution in [2.24, 2.45) is 17.8 Å². The minimum absolute atomic E-state index is 0.00748. The highest BCUT2D eigenvalue weighted by molar-refractivity contribution is 5.98. The summed E-state index contributed by atoms with van der Waals surface area (Å²) >= 11 is 0. The lowest BCUT2D eigenvalue weighted by molar-refractivity contribution is -0.319. The van der Waals surface area contributed by atoms with E-state index in [2.05, 4.69) is 19.1 Å². The molecule has 27 heavy (non-hydrogen) atoms. The summed E-state index contributed by atoms with van der Waals surface area (Å²) in [5.74, 6) is 0.645. The summed E-state index contributed by atoms with van der Waals surface area (Å²) < 4.78 is 12.9. The SMILES string of the molecule is Cc1ccc([C@@]23OC[C@@H]4[C@@H]([C@@H]5C=C[C@H]4C5)N2C(=O)c2ccccc2O3)cc1. The van der Waals surface area contributed by atoms with Crippen LogP contribution in [0, 0.1) is 24.7 Å². The first-order valence-corrected chi connectivity index (χ1v) is 9.68. The predicted molar refractivity (Wildman–Crippen MR) is 100 cm³/mol. The van der Waals surface area contributed by atoms with Gasteiger partial charge in [-0.05, 0) is 37.3 Å². The highest BCUT2D eigenvalue weighted by Crippen LogP contribution is 2.55. The first-order valence-electron chi connectivity index (χ1n) is 9.68. The summed E-state index contributed by atoms with van der Waals surface area (Å²) in [4.78, 5) is 15.6. The fourth-order valence-electron chi connectivity index (χ4n) is 5.38. The quantitative estimate of drug-likeness (QED) is 0.726. The average Bonchev–Trinajstić information content (AvgIpc) is 3.30. The summed E-state index contributed by atoms with van der Waals surface area (Å²) in [5, 5.41) is 0. The molecule has 2 aromatic carbocycles. The van der Waals surface area contributed by atoms with Crippen LogP contribution in [-0.4, -0.2) is 23.5 Å². The number of aryl methyl sites for hydroxylation is 1. The highest BCUT2D eigenvalue weighted by atomic mass is 16.7. The Bertz CT molecular complexity index is 966. The Morgan fingerprint density at radius 2 is 1.81 bits per heavy atom. The van der Waals surface area contributed by atoms with E-state index in [0.717, 1.165) is 12.0 Å². The van der Waals surface area contributed by atoms with E-state index in [4.69, 9.17) is 9.47 Å². The third kappa shape index (κ3) is 1.94. The minimum atomic E-state index is -1.18. The number of rotatable bonds is 1. The van der Waals surface area contributed by atoms with Crippen LogP contribution in [0.1, 0.15) is 27.9 Å². The van der Waals surface area contributed by atoms with E-state index in [1.807, 2.05) is 53.4 Å². The molecule has 0 N–H and O–H groups in total. The van der Waals surface area contributed by atoms with Crippen LogP contribution in [0.25, 0.3) is 0 Å². The minimum Gasteiger partial charge on any atom is -0.439 e. The number of hydrogen-bond donors (Lipinski definition) is 0. The Balaban J connectivity index is 1.56. The summed E-state index contributed by atoms with van der Waals surface area (Å²) in [6.07, 6.45) is 5.69. The molecule has 2 fully saturated rings. The van der Waals surface area contributed by atoms with Crippen LogP contribution in [0.5, 0.6) is 5.75 Å². The van der Waals surface area contributed by atoms with E-state index in [0.29, 0.717) is 35.7 Å². The second-order valence-electron chi connectivity index (χ2n) is 8.13. The van der Waals surface area contributed by atoms with Gasteiger partial charge in [0.25, 0.3) is 5.91 Å². The second-order valence-corrected chi connectivity index (χ2v) is 8.13. The Kier molecular flexibility index (Phi) is 3.00. The molecule has 5 atom stereocenters. The third-order valence-electron chi connectivity index (χ3n) is 6.66. The maximum absolute atomic E-state index is 13.7. The summed E-state index contributed by atoms with van der Waals surface area (Å²) in [6.45, 7) is 2.66. The lowest BCUT2D eigenvalue weighted by atomic mass is 9.84. The van der Waals surface area contributed by atoms with Crippen molar-refractivity contribution < 1.29 is 14.3 Å². The normalized spacial score (nSPS) is 35.4. The molecule has 2 aliphatic carbocycles. The van der Waals surface area contributed by atoms with Gasteiger partial charge in [-0.15, -0.1) is 0 Å². The zero-order valence-electron chi connectivity index (χ0n) is 15.2. The molecule has 4 heteroatoms. The number of para-hydroxylation sites is 1. The molecule has 2 bridgehead atoms. The zero-order valence-corrected chi connectivity index (χ0v) is 15.2. The molecular formula is C23H21NO3. The van der Waals surface area contributed by atoms with E-state index in [1.54, 1.807) is 0 Å². The molecule has 0 spiro atoms. The number of amides is 1. The van der Waals surface area contributed by atoms with Crippen molar-refractivity contribution in [1.82, 2.24) is 4.90 Å². The van der Waals surface area contributed by atoms with Crippen LogP contribution in [0.4, 0.5) is 0 Å². The molecule has 136 valence electrons. The first-order chi connectivity index (χ1) is 13.2. The molecule has 0 unspecified atom stereocenters. The summed E-state index contributed by atoms with van der Waals surface area (Å²) in [5.41, 5.74) is 2.66. The topological polar surface area (TPSA) is 38.8 Å². The molecule has 0 aromatic heterocycles. The average molecular weight is 359 g/mol. The number of carbonyl (C=O) groups excluding carboxylic acids is 1. The van der Waals surface area contributed by atoms with Crippen molar-refractivity contribution in [3.8, 4) is 5.75 Å². The number of fused-ring (bicyclic) bond motifs is 8.